The van der Waals surface area contributed by atoms with E-state index in [1.807, 2.05) is 6.07 Å². The topological polar surface area (TPSA) is 87.4 Å². The number of nitriles is 1. The van der Waals surface area contributed by atoms with E-state index < -0.39 is 33.0 Å². The van der Waals surface area contributed by atoms with Gasteiger partial charge in [0, 0.05) is 11.7 Å². The van der Waals surface area contributed by atoms with E-state index in [2.05, 4.69) is 0 Å². The summed E-state index contributed by atoms with van der Waals surface area (Å²) in [7, 11) is -1.84. The summed E-state index contributed by atoms with van der Waals surface area (Å²) in [4.78, 5) is 0. The van der Waals surface area contributed by atoms with Crippen LogP contribution in [0.4, 0.5) is 0 Å². The average Bonchev–Trinajstić information content (AvgIpc) is 3.18. The van der Waals surface area contributed by atoms with Crippen LogP contribution in [0.3, 0.4) is 0 Å². The van der Waals surface area contributed by atoms with Gasteiger partial charge in [-0.15, -0.1) is 0 Å². The Balaban J connectivity index is 2.42. The second kappa shape index (κ2) is 5.08. The zero-order valence-corrected chi connectivity index (χ0v) is 12.2. The van der Waals surface area contributed by atoms with Gasteiger partial charge in [-0.2, -0.15) is 5.26 Å². The van der Waals surface area contributed by atoms with Crippen LogP contribution in [0.5, 0.6) is 5.75 Å². The Hall–Kier alpha value is -1.58. The van der Waals surface area contributed by atoms with E-state index in [-0.39, 0.29) is 5.75 Å². The van der Waals surface area contributed by atoms with Crippen molar-refractivity contribution in [2.24, 2.45) is 5.41 Å². The van der Waals surface area contributed by atoms with Crippen molar-refractivity contribution in [1.82, 2.24) is 0 Å². The second-order valence-electron chi connectivity index (χ2n) is 4.93. The van der Waals surface area contributed by atoms with Crippen molar-refractivity contribution in [2.45, 2.75) is 18.1 Å². The zero-order chi connectivity index (χ0) is 15.0. The second-order valence-corrected chi connectivity index (χ2v) is 7.34. The summed E-state index contributed by atoms with van der Waals surface area (Å²) in [6.07, 6.45) is 0. The first-order chi connectivity index (χ1) is 9.46. The van der Waals surface area contributed by atoms with Crippen molar-refractivity contribution in [2.75, 3.05) is 19.5 Å². The van der Waals surface area contributed by atoms with E-state index >= 15 is 0 Å². The third-order valence-electron chi connectivity index (χ3n) is 3.99. The molecule has 1 N–H and O–H groups in total. The highest BCUT2D eigenvalue weighted by Gasteiger charge is 2.71. The van der Waals surface area contributed by atoms with Gasteiger partial charge in [-0.3, -0.25) is 0 Å². The van der Waals surface area contributed by atoms with E-state index in [1.54, 1.807) is 38.3 Å². The van der Waals surface area contributed by atoms with Gasteiger partial charge < -0.3 is 9.84 Å². The molecule has 0 radical (unpaired) electrons. The molecule has 1 aromatic carbocycles. The maximum Gasteiger partial charge on any atom is 0.155 e. The molecule has 6 heteroatoms. The lowest BCUT2D eigenvalue weighted by Gasteiger charge is -2.04. The predicted molar refractivity (Wildman–Crippen MR) is 74.1 cm³/mol. The van der Waals surface area contributed by atoms with Gasteiger partial charge in [-0.05, 0) is 17.7 Å². The Morgan fingerprint density at radius 1 is 1.40 bits per heavy atom. The molecule has 1 saturated carbocycles. The molecule has 1 aliphatic rings. The molecular formula is C14H17NO4S. The van der Waals surface area contributed by atoms with Crippen LogP contribution in [-0.2, 0) is 9.84 Å². The van der Waals surface area contributed by atoms with Crippen LogP contribution in [0.15, 0.2) is 24.3 Å². The molecule has 1 aromatic rings. The quantitative estimate of drug-likeness (QED) is 0.879. The van der Waals surface area contributed by atoms with Gasteiger partial charge in [-0.25, -0.2) is 8.42 Å². The molecule has 1 aliphatic carbocycles. The summed E-state index contributed by atoms with van der Waals surface area (Å²) in [5, 5.41) is 18.0. The number of aliphatic hydroxyl groups excluding tert-OH is 1. The molecule has 2 rings (SSSR count). The number of sulfone groups is 1. The fourth-order valence-corrected chi connectivity index (χ4v) is 4.76. The number of ether oxygens (including phenoxy) is 1. The van der Waals surface area contributed by atoms with Gasteiger partial charge >= 0.3 is 0 Å². The summed E-state index contributed by atoms with van der Waals surface area (Å²) < 4.78 is 29.3. The SMILES string of the molecule is CCS(=O)(=O)[C@H]1[C@H](c2ccc(OC)cc2)[C@@]1(C#N)CO. The van der Waals surface area contributed by atoms with E-state index in [0.717, 1.165) is 5.56 Å². The lowest BCUT2D eigenvalue weighted by atomic mass is 10.0. The summed E-state index contributed by atoms with van der Waals surface area (Å²) in [5.74, 6) is 0.150. The van der Waals surface area contributed by atoms with Crippen molar-refractivity contribution in [3.63, 3.8) is 0 Å². The third-order valence-corrected chi connectivity index (χ3v) is 6.26. The third kappa shape index (κ3) is 2.07. The number of methoxy groups -OCH3 is 1. The van der Waals surface area contributed by atoms with Crippen LogP contribution in [-0.4, -0.2) is 38.2 Å². The van der Waals surface area contributed by atoms with Gasteiger partial charge in [0.15, 0.2) is 9.84 Å². The highest BCUT2D eigenvalue weighted by Crippen LogP contribution is 2.62. The zero-order valence-electron chi connectivity index (χ0n) is 11.4. The Morgan fingerprint density at radius 2 is 2.00 bits per heavy atom. The minimum absolute atomic E-state index is 0.0340. The van der Waals surface area contributed by atoms with Gasteiger partial charge in [0.05, 0.1) is 25.0 Å². The smallest absolute Gasteiger partial charge is 0.155 e. The maximum atomic E-state index is 12.1. The summed E-state index contributed by atoms with van der Waals surface area (Å²) >= 11 is 0. The van der Waals surface area contributed by atoms with Gasteiger partial charge in [0.25, 0.3) is 0 Å². The molecule has 0 heterocycles. The van der Waals surface area contributed by atoms with Crippen molar-refractivity contribution < 1.29 is 18.3 Å². The lowest BCUT2D eigenvalue weighted by Crippen LogP contribution is -2.19. The van der Waals surface area contributed by atoms with Crippen molar-refractivity contribution in [1.29, 1.82) is 5.26 Å². The molecule has 0 unspecified atom stereocenters. The number of rotatable bonds is 5. The molecule has 1 fully saturated rings. The molecule has 0 spiro atoms. The number of hydrogen-bond donors (Lipinski definition) is 1. The minimum Gasteiger partial charge on any atom is -0.497 e. The van der Waals surface area contributed by atoms with Crippen molar-refractivity contribution in [3.05, 3.63) is 29.8 Å². The van der Waals surface area contributed by atoms with Crippen LogP contribution in [0.1, 0.15) is 18.4 Å². The molecule has 0 aliphatic heterocycles. The van der Waals surface area contributed by atoms with Crippen LogP contribution in [0.2, 0.25) is 0 Å². The molecule has 0 bridgehead atoms. The minimum atomic E-state index is -3.38. The average molecular weight is 295 g/mol. The number of nitrogens with zero attached hydrogens (tertiary/aromatic N) is 1. The van der Waals surface area contributed by atoms with Gasteiger partial charge in [-0.1, -0.05) is 19.1 Å². The first-order valence-electron chi connectivity index (χ1n) is 6.34. The molecule has 3 atom stereocenters. The van der Waals surface area contributed by atoms with Crippen LogP contribution in [0.25, 0.3) is 0 Å². The fraction of sp³-hybridized carbons (Fsp3) is 0.500. The molecule has 20 heavy (non-hydrogen) atoms. The maximum absolute atomic E-state index is 12.1. The van der Waals surface area contributed by atoms with Crippen molar-refractivity contribution >= 4 is 9.84 Å². The molecule has 5 nitrogen and oxygen atoms in total. The number of hydrogen-bond acceptors (Lipinski definition) is 5. The molecular weight excluding hydrogens is 278 g/mol. The first kappa shape index (κ1) is 14.8. The molecule has 0 amide bonds. The Labute approximate surface area is 118 Å². The highest BCUT2D eigenvalue weighted by molar-refractivity contribution is 7.92. The first-order valence-corrected chi connectivity index (χ1v) is 8.06. The summed E-state index contributed by atoms with van der Waals surface area (Å²) in [6, 6.07) is 8.95. The van der Waals surface area contributed by atoms with E-state index in [0.29, 0.717) is 5.75 Å². The fourth-order valence-electron chi connectivity index (χ4n) is 2.75. The summed E-state index contributed by atoms with van der Waals surface area (Å²) in [5.41, 5.74) is -0.480. The van der Waals surface area contributed by atoms with Crippen molar-refractivity contribution in [3.8, 4) is 11.8 Å². The van der Waals surface area contributed by atoms with Gasteiger partial charge in [0.1, 0.15) is 11.2 Å². The predicted octanol–water partition coefficient (Wildman–Crippen LogP) is 1.10. The molecule has 0 aromatic heterocycles. The largest absolute Gasteiger partial charge is 0.497 e. The monoisotopic (exact) mass is 295 g/mol. The standard InChI is InChI=1S/C14H17NO4S/c1-3-20(17,18)13-12(14(13,8-15)9-16)10-4-6-11(19-2)7-5-10/h4-7,12-13,16H,3,9H2,1-2H3/t12-,13-,14+/m0/s1. The summed E-state index contributed by atoms with van der Waals surface area (Å²) in [6.45, 7) is 1.10. The van der Waals surface area contributed by atoms with Gasteiger partial charge in [0.2, 0.25) is 0 Å². The van der Waals surface area contributed by atoms with E-state index in [1.165, 1.54) is 0 Å². The van der Waals surface area contributed by atoms with Crippen LogP contribution in [0, 0.1) is 16.7 Å². The van der Waals surface area contributed by atoms with Crippen LogP contribution < -0.4 is 4.74 Å². The normalized spacial score (nSPS) is 28.7. The highest BCUT2D eigenvalue weighted by atomic mass is 32.2. The number of benzene rings is 1. The number of aliphatic hydroxyl groups is 1. The Bertz CT molecular complexity index is 632. The molecule has 0 saturated heterocycles. The van der Waals surface area contributed by atoms with E-state index in [4.69, 9.17) is 4.74 Å². The van der Waals surface area contributed by atoms with Crippen LogP contribution >= 0.6 is 0 Å². The molecule has 108 valence electrons. The Kier molecular flexibility index (Phi) is 3.76. The van der Waals surface area contributed by atoms with E-state index in [9.17, 15) is 18.8 Å². The Morgan fingerprint density at radius 3 is 2.40 bits per heavy atom. The lowest BCUT2D eigenvalue weighted by molar-refractivity contribution is 0.242.